The lowest BCUT2D eigenvalue weighted by molar-refractivity contribution is -0.145. The molecule has 1 aromatic carbocycles. The number of fused-ring (bicyclic) bond motifs is 1. The molecule has 0 spiro atoms. The van der Waals surface area contributed by atoms with Crippen molar-refractivity contribution >= 4 is 0 Å². The summed E-state index contributed by atoms with van der Waals surface area (Å²) in [5.41, 5.74) is 1.91. The third kappa shape index (κ3) is 3.75. The summed E-state index contributed by atoms with van der Waals surface area (Å²) >= 11 is 0. The first kappa shape index (κ1) is 16.5. The zero-order valence-electron chi connectivity index (χ0n) is 13.8. The minimum Gasteiger partial charge on any atom is -0.497 e. The van der Waals surface area contributed by atoms with E-state index in [0.29, 0.717) is 6.61 Å². The Hall–Kier alpha value is -1.40. The Morgan fingerprint density at radius 1 is 1.26 bits per heavy atom. The second-order valence-corrected chi connectivity index (χ2v) is 6.41. The molecule has 3 rings (SSSR count). The molecule has 1 aromatic rings. The second-order valence-electron chi connectivity index (χ2n) is 6.41. The summed E-state index contributed by atoms with van der Waals surface area (Å²) in [6.45, 7) is 4.49. The summed E-state index contributed by atoms with van der Waals surface area (Å²) in [6.07, 6.45) is 1.96. The van der Waals surface area contributed by atoms with Crippen LogP contribution in [-0.4, -0.2) is 42.9 Å². The molecular weight excluding hydrogens is 296 g/mol. The smallest absolute Gasteiger partial charge is 0.164 e. The normalized spacial score (nSPS) is 26.7. The van der Waals surface area contributed by atoms with Crippen LogP contribution in [0.4, 0.5) is 0 Å². The third-order valence-corrected chi connectivity index (χ3v) is 4.19. The molecule has 0 aromatic heterocycles. The molecule has 1 aliphatic carbocycles. The van der Waals surface area contributed by atoms with Crippen LogP contribution in [0, 0.1) is 0 Å². The van der Waals surface area contributed by atoms with E-state index in [4.69, 9.17) is 18.9 Å². The Balaban J connectivity index is 1.49. The number of rotatable bonds is 6. The van der Waals surface area contributed by atoms with Crippen molar-refractivity contribution < 1.29 is 24.1 Å². The molecule has 3 unspecified atom stereocenters. The Morgan fingerprint density at radius 3 is 2.70 bits per heavy atom. The molecule has 1 fully saturated rings. The van der Waals surface area contributed by atoms with Crippen LogP contribution in [0.15, 0.2) is 35.9 Å². The zero-order valence-corrected chi connectivity index (χ0v) is 13.8. The van der Waals surface area contributed by atoms with E-state index in [0.717, 1.165) is 23.3 Å². The van der Waals surface area contributed by atoms with Crippen molar-refractivity contribution in [3.63, 3.8) is 0 Å². The van der Waals surface area contributed by atoms with Gasteiger partial charge in [0, 0.05) is 0 Å². The Morgan fingerprint density at radius 2 is 2.00 bits per heavy atom. The minimum atomic E-state index is -0.666. The summed E-state index contributed by atoms with van der Waals surface area (Å²) < 4.78 is 22.4. The van der Waals surface area contributed by atoms with E-state index < -0.39 is 11.9 Å². The van der Waals surface area contributed by atoms with Crippen molar-refractivity contribution in [2.75, 3.05) is 13.7 Å². The van der Waals surface area contributed by atoms with E-state index in [9.17, 15) is 5.11 Å². The van der Waals surface area contributed by atoms with Crippen molar-refractivity contribution in [3.8, 4) is 5.75 Å². The Kier molecular flexibility index (Phi) is 4.73. The topological polar surface area (TPSA) is 57.2 Å². The number of aliphatic hydroxyl groups excluding tert-OH is 1. The van der Waals surface area contributed by atoms with Gasteiger partial charge in [-0.05, 0) is 43.5 Å². The van der Waals surface area contributed by atoms with Crippen molar-refractivity contribution in [1.82, 2.24) is 0 Å². The molecule has 1 aliphatic heterocycles. The van der Waals surface area contributed by atoms with E-state index >= 15 is 0 Å². The monoisotopic (exact) mass is 320 g/mol. The fourth-order valence-corrected chi connectivity index (χ4v) is 3.09. The molecule has 23 heavy (non-hydrogen) atoms. The van der Waals surface area contributed by atoms with Gasteiger partial charge in [0.15, 0.2) is 5.79 Å². The van der Waals surface area contributed by atoms with Gasteiger partial charge in [0.2, 0.25) is 0 Å². The van der Waals surface area contributed by atoms with Crippen molar-refractivity contribution in [2.45, 2.75) is 51.0 Å². The van der Waals surface area contributed by atoms with Gasteiger partial charge in [-0.15, -0.1) is 0 Å². The lowest BCUT2D eigenvalue weighted by atomic mass is 10.1. The van der Waals surface area contributed by atoms with Gasteiger partial charge in [0.25, 0.3) is 0 Å². The number of methoxy groups -OCH3 is 1. The van der Waals surface area contributed by atoms with E-state index in [1.165, 1.54) is 0 Å². The summed E-state index contributed by atoms with van der Waals surface area (Å²) in [6, 6.07) is 7.69. The van der Waals surface area contributed by atoms with Gasteiger partial charge in [0.1, 0.15) is 18.0 Å². The lowest BCUT2D eigenvalue weighted by Gasteiger charge is -2.21. The van der Waals surface area contributed by atoms with E-state index in [2.05, 4.69) is 0 Å². The van der Waals surface area contributed by atoms with Gasteiger partial charge < -0.3 is 24.1 Å². The molecule has 1 heterocycles. The highest BCUT2D eigenvalue weighted by Gasteiger charge is 2.46. The maximum Gasteiger partial charge on any atom is 0.164 e. The summed E-state index contributed by atoms with van der Waals surface area (Å²) in [5, 5.41) is 10.4. The number of ether oxygens (including phenoxy) is 4. The van der Waals surface area contributed by atoms with E-state index in [1.54, 1.807) is 7.11 Å². The van der Waals surface area contributed by atoms with Crippen molar-refractivity contribution in [1.29, 1.82) is 0 Å². The van der Waals surface area contributed by atoms with Crippen molar-refractivity contribution in [3.05, 3.63) is 41.5 Å². The maximum absolute atomic E-state index is 10.4. The number of benzene rings is 1. The largest absolute Gasteiger partial charge is 0.497 e. The quantitative estimate of drug-likeness (QED) is 0.816. The number of hydrogen-bond acceptors (Lipinski definition) is 5. The van der Waals surface area contributed by atoms with Crippen LogP contribution in [0.3, 0.4) is 0 Å². The fourth-order valence-electron chi connectivity index (χ4n) is 3.09. The highest BCUT2D eigenvalue weighted by atomic mass is 16.8. The summed E-state index contributed by atoms with van der Waals surface area (Å²) in [5.74, 6) is 0.232. The summed E-state index contributed by atoms with van der Waals surface area (Å²) in [4.78, 5) is 0. The van der Waals surface area contributed by atoms with Crippen LogP contribution >= 0.6 is 0 Å². The minimum absolute atomic E-state index is 0.0104. The van der Waals surface area contributed by atoms with Crippen LogP contribution in [0.5, 0.6) is 5.75 Å². The van der Waals surface area contributed by atoms with Gasteiger partial charge in [-0.3, -0.25) is 0 Å². The molecule has 0 bridgehead atoms. The first-order chi connectivity index (χ1) is 11.0. The molecular formula is C18H24O5. The van der Waals surface area contributed by atoms with E-state index in [1.807, 2.05) is 44.2 Å². The first-order valence-electron chi connectivity index (χ1n) is 7.93. The molecule has 1 N–H and O–H groups in total. The third-order valence-electron chi connectivity index (χ3n) is 4.19. The molecule has 0 saturated carbocycles. The lowest BCUT2D eigenvalue weighted by Crippen LogP contribution is -2.29. The SMILES string of the molecule is COc1ccc(COCC(O)C2=CCC3OC(C)(C)OC23)cc1. The Labute approximate surface area is 136 Å². The fraction of sp³-hybridized carbons (Fsp3) is 0.556. The number of aliphatic hydroxyl groups is 1. The van der Waals surface area contributed by atoms with Crippen LogP contribution in [0.25, 0.3) is 0 Å². The standard InChI is InChI=1S/C18H24O5/c1-18(2)22-16-9-8-14(17(16)23-18)15(19)11-21-10-12-4-6-13(20-3)7-5-12/h4-8,15-17,19H,9-11H2,1-3H3. The average Bonchev–Trinajstić information content (AvgIpc) is 3.02. The molecule has 2 aliphatic rings. The maximum atomic E-state index is 10.4. The highest BCUT2D eigenvalue weighted by molar-refractivity contribution is 5.27. The number of hydrogen-bond donors (Lipinski definition) is 1. The van der Waals surface area contributed by atoms with E-state index in [-0.39, 0.29) is 18.8 Å². The van der Waals surface area contributed by atoms with Gasteiger partial charge in [-0.25, -0.2) is 0 Å². The van der Waals surface area contributed by atoms with Crippen LogP contribution < -0.4 is 4.74 Å². The first-order valence-corrected chi connectivity index (χ1v) is 7.93. The Bertz CT molecular complexity index is 563. The van der Waals surface area contributed by atoms with Crippen LogP contribution in [0.1, 0.15) is 25.8 Å². The molecule has 0 radical (unpaired) electrons. The highest BCUT2D eigenvalue weighted by Crippen LogP contribution is 2.39. The predicted octanol–water partition coefficient (Wildman–Crippen LogP) is 2.42. The van der Waals surface area contributed by atoms with Gasteiger partial charge >= 0.3 is 0 Å². The van der Waals surface area contributed by atoms with Crippen LogP contribution in [-0.2, 0) is 20.8 Å². The molecule has 0 amide bonds. The van der Waals surface area contributed by atoms with Gasteiger partial charge in [-0.1, -0.05) is 18.2 Å². The van der Waals surface area contributed by atoms with Crippen LogP contribution in [0.2, 0.25) is 0 Å². The van der Waals surface area contributed by atoms with Crippen molar-refractivity contribution in [2.24, 2.45) is 0 Å². The molecule has 3 atom stereocenters. The molecule has 1 saturated heterocycles. The molecule has 5 nitrogen and oxygen atoms in total. The molecule has 126 valence electrons. The van der Waals surface area contributed by atoms with Gasteiger partial charge in [0.05, 0.1) is 26.4 Å². The molecule has 5 heteroatoms. The zero-order chi connectivity index (χ0) is 16.4. The second kappa shape index (κ2) is 6.61. The average molecular weight is 320 g/mol. The van der Waals surface area contributed by atoms with Gasteiger partial charge in [-0.2, -0.15) is 0 Å². The predicted molar refractivity (Wildman–Crippen MR) is 85.2 cm³/mol. The summed E-state index contributed by atoms with van der Waals surface area (Å²) in [7, 11) is 1.64.